The molecule has 1 unspecified atom stereocenters. The Hall–Kier alpha value is -1.63. The Morgan fingerprint density at radius 3 is 2.67 bits per heavy atom. The van der Waals surface area contributed by atoms with E-state index in [2.05, 4.69) is 10.6 Å². The number of nitrogens with one attached hydrogen (secondary N) is 2. The predicted molar refractivity (Wildman–Crippen MR) is 65.5 cm³/mol. The number of nitrogens with zero attached hydrogens (tertiary/aromatic N) is 1. The zero-order valence-corrected chi connectivity index (χ0v) is 10.6. The van der Waals surface area contributed by atoms with Crippen LogP contribution in [0.5, 0.6) is 0 Å². The highest BCUT2D eigenvalue weighted by Crippen LogP contribution is 2.17. The molecule has 1 aliphatic heterocycles. The van der Waals surface area contributed by atoms with Gasteiger partial charge >= 0.3 is 11.8 Å². The molecule has 4 N–H and O–H groups in total. The maximum absolute atomic E-state index is 11.9. The van der Waals surface area contributed by atoms with Gasteiger partial charge in [0.2, 0.25) is 5.91 Å². The highest BCUT2D eigenvalue weighted by molar-refractivity contribution is 6.35. The Labute approximate surface area is 106 Å². The maximum atomic E-state index is 11.9. The van der Waals surface area contributed by atoms with E-state index < -0.39 is 17.9 Å². The van der Waals surface area contributed by atoms with Gasteiger partial charge in [-0.15, -0.1) is 0 Å². The quantitative estimate of drug-likeness (QED) is 0.517. The van der Waals surface area contributed by atoms with Crippen LogP contribution < -0.4 is 16.4 Å². The van der Waals surface area contributed by atoms with Crippen LogP contribution in [0.15, 0.2) is 0 Å². The lowest BCUT2D eigenvalue weighted by Gasteiger charge is -2.33. The minimum absolute atomic E-state index is 0.227. The van der Waals surface area contributed by atoms with Crippen molar-refractivity contribution in [1.29, 1.82) is 0 Å². The maximum Gasteiger partial charge on any atom is 0.312 e. The topological polar surface area (TPSA) is 105 Å². The minimum atomic E-state index is -0.698. The van der Waals surface area contributed by atoms with Crippen molar-refractivity contribution < 1.29 is 14.4 Å². The van der Waals surface area contributed by atoms with Gasteiger partial charge in [-0.1, -0.05) is 0 Å². The number of piperidine rings is 1. The van der Waals surface area contributed by atoms with E-state index in [0.29, 0.717) is 13.0 Å². The molecule has 0 aromatic heterocycles. The Morgan fingerprint density at radius 2 is 2.06 bits per heavy atom. The van der Waals surface area contributed by atoms with Gasteiger partial charge in [0.15, 0.2) is 0 Å². The van der Waals surface area contributed by atoms with Crippen LogP contribution in [-0.2, 0) is 14.4 Å². The number of carbonyl (C=O) groups excluding carboxylic acids is 3. The van der Waals surface area contributed by atoms with Crippen molar-refractivity contribution >= 4 is 17.7 Å². The Bertz CT molecular complexity index is 332. The predicted octanol–water partition coefficient (Wildman–Crippen LogP) is -1.81. The molecule has 1 heterocycles. The summed E-state index contributed by atoms with van der Waals surface area (Å²) >= 11 is 0. The van der Waals surface area contributed by atoms with E-state index >= 15 is 0 Å². The number of nitrogens with two attached hydrogens (primary N) is 1. The molecule has 0 aromatic carbocycles. The third kappa shape index (κ3) is 3.43. The Balaban J connectivity index is 2.68. The number of hydrogen-bond donors (Lipinski definition) is 3. The molecule has 3 amide bonds. The summed E-state index contributed by atoms with van der Waals surface area (Å²) in [5, 5.41) is 4.94. The standard InChI is InChI=1S/C11H20N4O3/c1-13-9(16)8-4-2-3-7-15(8)11(18)10(17)14-6-5-12/h8H,2-7,12H2,1H3,(H,13,16)(H,14,17). The first kappa shape index (κ1) is 14.4. The van der Waals surface area contributed by atoms with E-state index in [-0.39, 0.29) is 19.0 Å². The van der Waals surface area contributed by atoms with E-state index in [4.69, 9.17) is 5.73 Å². The van der Waals surface area contributed by atoms with Crippen LogP contribution >= 0.6 is 0 Å². The second kappa shape index (κ2) is 6.95. The molecule has 1 aliphatic rings. The summed E-state index contributed by atoms with van der Waals surface area (Å²) < 4.78 is 0. The molecule has 0 spiro atoms. The number of hydrogen-bond acceptors (Lipinski definition) is 4. The first-order valence-electron chi connectivity index (χ1n) is 6.12. The van der Waals surface area contributed by atoms with Crippen molar-refractivity contribution in [1.82, 2.24) is 15.5 Å². The summed E-state index contributed by atoms with van der Waals surface area (Å²) in [5.74, 6) is -1.58. The summed E-state index contributed by atoms with van der Waals surface area (Å²) in [4.78, 5) is 36.5. The number of rotatable bonds is 3. The van der Waals surface area contributed by atoms with Gasteiger partial charge in [-0.3, -0.25) is 14.4 Å². The average molecular weight is 256 g/mol. The van der Waals surface area contributed by atoms with E-state index in [1.165, 1.54) is 11.9 Å². The van der Waals surface area contributed by atoms with Gasteiger partial charge in [0.25, 0.3) is 0 Å². The molecule has 18 heavy (non-hydrogen) atoms. The first-order chi connectivity index (χ1) is 8.61. The van der Waals surface area contributed by atoms with E-state index in [9.17, 15) is 14.4 Å². The lowest BCUT2D eigenvalue weighted by Crippen LogP contribution is -2.55. The third-order valence-electron chi connectivity index (χ3n) is 2.94. The molecule has 0 bridgehead atoms. The van der Waals surface area contributed by atoms with Gasteiger partial charge in [0.1, 0.15) is 6.04 Å². The molecule has 1 rings (SSSR count). The molecular weight excluding hydrogens is 236 g/mol. The summed E-state index contributed by atoms with van der Waals surface area (Å²) in [6, 6.07) is -0.542. The average Bonchev–Trinajstić information content (AvgIpc) is 2.43. The van der Waals surface area contributed by atoms with Crippen LogP contribution in [0, 0.1) is 0 Å². The molecule has 7 nitrogen and oxygen atoms in total. The number of likely N-dealkylation sites (tertiary alicyclic amines) is 1. The van der Waals surface area contributed by atoms with Gasteiger partial charge in [-0.05, 0) is 19.3 Å². The first-order valence-corrected chi connectivity index (χ1v) is 6.12. The molecule has 0 radical (unpaired) electrons. The van der Waals surface area contributed by atoms with Crippen LogP contribution in [0.1, 0.15) is 19.3 Å². The number of carbonyl (C=O) groups is 3. The van der Waals surface area contributed by atoms with Crippen molar-refractivity contribution in [2.45, 2.75) is 25.3 Å². The van der Waals surface area contributed by atoms with Gasteiger partial charge in [-0.2, -0.15) is 0 Å². The van der Waals surface area contributed by atoms with Crippen molar-refractivity contribution in [2.24, 2.45) is 5.73 Å². The SMILES string of the molecule is CNC(=O)C1CCCCN1C(=O)C(=O)NCCN. The van der Waals surface area contributed by atoms with Crippen molar-refractivity contribution in [3.8, 4) is 0 Å². The van der Waals surface area contributed by atoms with Crippen LogP contribution in [-0.4, -0.2) is 55.3 Å². The van der Waals surface area contributed by atoms with Crippen molar-refractivity contribution in [2.75, 3.05) is 26.7 Å². The van der Waals surface area contributed by atoms with Crippen LogP contribution in [0.2, 0.25) is 0 Å². The zero-order valence-electron chi connectivity index (χ0n) is 10.6. The fourth-order valence-corrected chi connectivity index (χ4v) is 2.01. The lowest BCUT2D eigenvalue weighted by atomic mass is 10.0. The minimum Gasteiger partial charge on any atom is -0.357 e. The molecule has 1 fully saturated rings. The van der Waals surface area contributed by atoms with E-state index in [1.54, 1.807) is 0 Å². The molecule has 102 valence electrons. The summed E-state index contributed by atoms with van der Waals surface area (Å²) in [7, 11) is 1.52. The highest BCUT2D eigenvalue weighted by Gasteiger charge is 2.34. The smallest absolute Gasteiger partial charge is 0.312 e. The lowest BCUT2D eigenvalue weighted by molar-refractivity contribution is -0.150. The van der Waals surface area contributed by atoms with Gasteiger partial charge in [0, 0.05) is 26.7 Å². The van der Waals surface area contributed by atoms with Crippen molar-refractivity contribution in [3.05, 3.63) is 0 Å². The van der Waals surface area contributed by atoms with Gasteiger partial charge < -0.3 is 21.3 Å². The molecule has 1 atom stereocenters. The van der Waals surface area contributed by atoms with Crippen molar-refractivity contribution in [3.63, 3.8) is 0 Å². The van der Waals surface area contributed by atoms with E-state index in [1.807, 2.05) is 0 Å². The second-order valence-corrected chi connectivity index (χ2v) is 4.17. The third-order valence-corrected chi connectivity index (χ3v) is 2.94. The summed E-state index contributed by atoms with van der Waals surface area (Å²) in [6.07, 6.45) is 2.28. The van der Waals surface area contributed by atoms with Crippen LogP contribution in [0.4, 0.5) is 0 Å². The molecule has 0 aromatic rings. The normalized spacial score (nSPS) is 19.2. The largest absolute Gasteiger partial charge is 0.357 e. The van der Waals surface area contributed by atoms with Gasteiger partial charge in [-0.25, -0.2) is 0 Å². The number of amides is 3. The second-order valence-electron chi connectivity index (χ2n) is 4.17. The van der Waals surface area contributed by atoms with E-state index in [0.717, 1.165) is 12.8 Å². The fraction of sp³-hybridized carbons (Fsp3) is 0.727. The summed E-state index contributed by atoms with van der Waals surface area (Å²) in [6.45, 7) is 0.966. The van der Waals surface area contributed by atoms with Gasteiger partial charge in [0.05, 0.1) is 0 Å². The molecule has 0 aliphatic carbocycles. The Kier molecular flexibility index (Phi) is 5.57. The Morgan fingerprint density at radius 1 is 1.33 bits per heavy atom. The molecular formula is C11H20N4O3. The molecule has 1 saturated heterocycles. The zero-order chi connectivity index (χ0) is 13.5. The molecule has 7 heteroatoms. The highest BCUT2D eigenvalue weighted by atomic mass is 16.2. The molecule has 0 saturated carbocycles. The number of likely N-dealkylation sites (N-methyl/N-ethyl adjacent to an activating group) is 1. The summed E-state index contributed by atoms with van der Waals surface area (Å²) in [5.41, 5.74) is 5.25. The van der Waals surface area contributed by atoms with Crippen LogP contribution in [0.3, 0.4) is 0 Å². The van der Waals surface area contributed by atoms with Crippen LogP contribution in [0.25, 0.3) is 0 Å². The monoisotopic (exact) mass is 256 g/mol. The fourth-order valence-electron chi connectivity index (χ4n) is 2.01.